The Morgan fingerprint density at radius 1 is 1.18 bits per heavy atom. The largest absolute Gasteiger partial charge is 0.507 e. The van der Waals surface area contributed by atoms with Crippen LogP contribution in [0.5, 0.6) is 5.75 Å². The topological polar surface area (TPSA) is 46.3 Å². The zero-order valence-electron chi connectivity index (χ0n) is 9.77. The predicted octanol–water partition coefficient (Wildman–Crippen LogP) is 3.81. The Morgan fingerprint density at radius 2 is 1.88 bits per heavy atom. The molecule has 0 saturated heterocycles. The number of phenols is 1. The van der Waals surface area contributed by atoms with Gasteiger partial charge in [-0.2, -0.15) is 0 Å². The lowest BCUT2D eigenvalue weighted by Crippen LogP contribution is -1.84. The van der Waals surface area contributed by atoms with Crippen LogP contribution in [-0.2, 0) is 0 Å². The number of aromatic nitrogens is 1. The van der Waals surface area contributed by atoms with Crippen LogP contribution in [0.3, 0.4) is 0 Å². The van der Waals surface area contributed by atoms with Crippen molar-refractivity contribution in [3.63, 3.8) is 0 Å². The summed E-state index contributed by atoms with van der Waals surface area (Å²) in [5.74, 6) is 1.19. The fourth-order valence-electron chi connectivity index (χ4n) is 2.00. The van der Waals surface area contributed by atoms with Gasteiger partial charge in [-0.15, -0.1) is 0 Å². The molecular weight excluding hydrogens is 214 g/mol. The average molecular weight is 227 g/mol. The second-order valence-electron chi connectivity index (χ2n) is 4.50. The quantitative estimate of drug-likeness (QED) is 0.687. The second-order valence-corrected chi connectivity index (χ2v) is 4.50. The third kappa shape index (κ3) is 1.46. The molecule has 0 aliphatic heterocycles. The molecule has 3 rings (SSSR count). The van der Waals surface area contributed by atoms with E-state index in [1.54, 1.807) is 6.07 Å². The van der Waals surface area contributed by atoms with Crippen LogP contribution in [0.1, 0.15) is 25.7 Å². The zero-order valence-corrected chi connectivity index (χ0v) is 9.77. The first kappa shape index (κ1) is 10.1. The maximum Gasteiger partial charge on any atom is 0.198 e. The van der Waals surface area contributed by atoms with Gasteiger partial charge in [-0.1, -0.05) is 38.1 Å². The van der Waals surface area contributed by atoms with E-state index < -0.39 is 0 Å². The van der Waals surface area contributed by atoms with E-state index >= 15 is 0 Å². The van der Waals surface area contributed by atoms with Gasteiger partial charge in [0.2, 0.25) is 0 Å². The third-order valence-corrected chi connectivity index (χ3v) is 2.88. The van der Waals surface area contributed by atoms with Gasteiger partial charge in [0.05, 0.1) is 0 Å². The molecule has 0 spiro atoms. The predicted molar refractivity (Wildman–Crippen MR) is 67.3 cm³/mol. The summed E-state index contributed by atoms with van der Waals surface area (Å²) in [6, 6.07) is 9.30. The number of hydrogen-bond acceptors (Lipinski definition) is 3. The van der Waals surface area contributed by atoms with Crippen molar-refractivity contribution < 1.29 is 9.52 Å². The standard InChI is InChI=1S/C14H13NO2/c1-8(2)14-15-11-7-12(16)9-5-3-4-6-10(9)13(11)17-14/h3-8,16H,1-2H3. The maximum absolute atomic E-state index is 9.94. The van der Waals surface area contributed by atoms with Crippen LogP contribution in [0.15, 0.2) is 34.7 Å². The lowest BCUT2D eigenvalue weighted by atomic mass is 10.1. The molecule has 3 nitrogen and oxygen atoms in total. The molecular formula is C14H13NO2. The van der Waals surface area contributed by atoms with E-state index in [2.05, 4.69) is 4.98 Å². The Morgan fingerprint density at radius 3 is 2.59 bits per heavy atom. The van der Waals surface area contributed by atoms with E-state index in [4.69, 9.17) is 4.42 Å². The summed E-state index contributed by atoms with van der Waals surface area (Å²) in [6.07, 6.45) is 0. The Balaban J connectivity index is 2.46. The second kappa shape index (κ2) is 3.48. The van der Waals surface area contributed by atoms with Crippen LogP contribution < -0.4 is 0 Å². The molecule has 0 atom stereocenters. The van der Waals surface area contributed by atoms with E-state index in [1.165, 1.54) is 0 Å². The number of rotatable bonds is 1. The van der Waals surface area contributed by atoms with Crippen LogP contribution in [0, 0.1) is 0 Å². The molecule has 2 aromatic carbocycles. The first-order valence-electron chi connectivity index (χ1n) is 5.68. The van der Waals surface area contributed by atoms with Gasteiger partial charge in [-0.05, 0) is 0 Å². The summed E-state index contributed by atoms with van der Waals surface area (Å²) in [6.45, 7) is 4.07. The molecule has 1 N–H and O–H groups in total. The van der Waals surface area contributed by atoms with Gasteiger partial charge in [0.25, 0.3) is 0 Å². The minimum atomic E-state index is 0.239. The van der Waals surface area contributed by atoms with Gasteiger partial charge in [-0.25, -0.2) is 4.98 Å². The molecule has 1 heterocycles. The van der Waals surface area contributed by atoms with E-state index in [0.717, 1.165) is 16.4 Å². The first-order chi connectivity index (χ1) is 8.16. The van der Waals surface area contributed by atoms with Crippen LogP contribution in [0.4, 0.5) is 0 Å². The molecule has 0 aliphatic rings. The molecule has 0 bridgehead atoms. The highest BCUT2D eigenvalue weighted by Crippen LogP contribution is 2.33. The SMILES string of the molecule is CC(C)c1nc2cc(O)c3ccccc3c2o1. The van der Waals surface area contributed by atoms with Crippen LogP contribution in [0.2, 0.25) is 0 Å². The zero-order chi connectivity index (χ0) is 12.0. The lowest BCUT2D eigenvalue weighted by Gasteiger charge is -2.00. The molecule has 3 heteroatoms. The van der Waals surface area contributed by atoms with Gasteiger partial charge in [0.1, 0.15) is 11.3 Å². The highest BCUT2D eigenvalue weighted by molar-refractivity contribution is 6.06. The minimum Gasteiger partial charge on any atom is -0.507 e. The molecule has 1 aromatic heterocycles. The number of oxazole rings is 1. The highest BCUT2D eigenvalue weighted by Gasteiger charge is 2.13. The number of aromatic hydroxyl groups is 1. The van der Waals surface area contributed by atoms with Crippen molar-refractivity contribution in [2.75, 3.05) is 0 Å². The third-order valence-electron chi connectivity index (χ3n) is 2.88. The van der Waals surface area contributed by atoms with Crippen molar-refractivity contribution in [3.8, 4) is 5.75 Å². The Labute approximate surface area is 98.7 Å². The molecule has 0 radical (unpaired) electrons. The smallest absolute Gasteiger partial charge is 0.198 e. The number of fused-ring (bicyclic) bond motifs is 3. The van der Waals surface area contributed by atoms with Crippen molar-refractivity contribution >= 4 is 21.9 Å². The Bertz CT molecular complexity index is 698. The van der Waals surface area contributed by atoms with Gasteiger partial charge >= 0.3 is 0 Å². The van der Waals surface area contributed by atoms with Gasteiger partial charge in [0.15, 0.2) is 11.5 Å². The summed E-state index contributed by atoms with van der Waals surface area (Å²) in [5.41, 5.74) is 1.46. The molecule has 86 valence electrons. The van der Waals surface area contributed by atoms with Crippen molar-refractivity contribution in [1.29, 1.82) is 0 Å². The van der Waals surface area contributed by atoms with Crippen molar-refractivity contribution in [2.24, 2.45) is 0 Å². The summed E-state index contributed by atoms with van der Waals surface area (Å²) in [7, 11) is 0. The lowest BCUT2D eigenvalue weighted by molar-refractivity contribution is 0.482. The van der Waals surface area contributed by atoms with E-state index in [9.17, 15) is 5.11 Å². The minimum absolute atomic E-state index is 0.239. The summed E-state index contributed by atoms with van der Waals surface area (Å²) in [5, 5.41) is 11.6. The normalized spacial score (nSPS) is 11.7. The van der Waals surface area contributed by atoms with Crippen LogP contribution >= 0.6 is 0 Å². The maximum atomic E-state index is 9.94. The van der Waals surface area contributed by atoms with Gasteiger partial charge in [0, 0.05) is 22.8 Å². The molecule has 3 aromatic rings. The molecule has 0 aliphatic carbocycles. The van der Waals surface area contributed by atoms with Crippen LogP contribution in [0.25, 0.3) is 21.9 Å². The summed E-state index contributed by atoms with van der Waals surface area (Å²) >= 11 is 0. The molecule has 0 amide bonds. The number of benzene rings is 2. The monoisotopic (exact) mass is 227 g/mol. The van der Waals surface area contributed by atoms with Gasteiger partial charge in [-0.3, -0.25) is 0 Å². The Hall–Kier alpha value is -2.03. The number of phenolic OH excluding ortho intramolecular Hbond substituents is 1. The fourth-order valence-corrected chi connectivity index (χ4v) is 2.00. The molecule has 0 unspecified atom stereocenters. The molecule has 0 fully saturated rings. The van der Waals surface area contributed by atoms with Crippen molar-refractivity contribution in [3.05, 3.63) is 36.2 Å². The van der Waals surface area contributed by atoms with E-state index in [-0.39, 0.29) is 11.7 Å². The summed E-state index contributed by atoms with van der Waals surface area (Å²) < 4.78 is 5.78. The Kier molecular flexibility index (Phi) is 2.08. The van der Waals surface area contributed by atoms with Crippen molar-refractivity contribution in [2.45, 2.75) is 19.8 Å². The molecule has 17 heavy (non-hydrogen) atoms. The fraction of sp³-hybridized carbons (Fsp3) is 0.214. The molecule has 0 saturated carbocycles. The van der Waals surface area contributed by atoms with E-state index in [0.29, 0.717) is 11.4 Å². The van der Waals surface area contributed by atoms with Crippen LogP contribution in [-0.4, -0.2) is 10.1 Å². The van der Waals surface area contributed by atoms with E-state index in [1.807, 2.05) is 38.1 Å². The van der Waals surface area contributed by atoms with Gasteiger partial charge < -0.3 is 9.52 Å². The first-order valence-corrected chi connectivity index (χ1v) is 5.68. The average Bonchev–Trinajstić information content (AvgIpc) is 2.73. The number of hydrogen-bond donors (Lipinski definition) is 1. The summed E-state index contributed by atoms with van der Waals surface area (Å²) in [4.78, 5) is 4.40. The van der Waals surface area contributed by atoms with Crippen molar-refractivity contribution in [1.82, 2.24) is 4.98 Å². The number of nitrogens with zero attached hydrogens (tertiary/aromatic N) is 1. The highest BCUT2D eigenvalue weighted by atomic mass is 16.3.